The molecule has 1 aromatic heterocycles. The molecule has 1 amide bonds. The third kappa shape index (κ3) is 2.81. The van der Waals surface area contributed by atoms with Crippen LogP contribution in [-0.4, -0.2) is 15.9 Å². The predicted octanol–water partition coefficient (Wildman–Crippen LogP) is 2.16. The third-order valence-corrected chi connectivity index (χ3v) is 2.60. The van der Waals surface area contributed by atoms with Crippen molar-refractivity contribution in [1.82, 2.24) is 4.98 Å². The summed E-state index contributed by atoms with van der Waals surface area (Å²) in [6, 6.07) is 9.47. The molecule has 0 aliphatic rings. The van der Waals surface area contributed by atoms with Crippen LogP contribution in [0.5, 0.6) is 0 Å². The molecule has 0 unspecified atom stereocenters. The van der Waals surface area contributed by atoms with Crippen LogP contribution in [-0.2, 0) is 4.79 Å². The first-order chi connectivity index (χ1) is 8.56. The average Bonchev–Trinajstić information content (AvgIpc) is 2.27. The predicted molar refractivity (Wildman–Crippen MR) is 76.5 cm³/mol. The molecule has 0 saturated heterocycles. The fourth-order valence-electron chi connectivity index (χ4n) is 1.76. The van der Waals surface area contributed by atoms with Gasteiger partial charge in [0, 0.05) is 11.1 Å². The Hall–Kier alpha value is -2.01. The van der Waals surface area contributed by atoms with E-state index in [1.807, 2.05) is 37.3 Å². The van der Waals surface area contributed by atoms with Gasteiger partial charge in [0.15, 0.2) is 0 Å². The van der Waals surface area contributed by atoms with Gasteiger partial charge in [0.05, 0.1) is 22.6 Å². The van der Waals surface area contributed by atoms with Gasteiger partial charge >= 0.3 is 0 Å². The topological polar surface area (TPSA) is 68.0 Å². The molecule has 1 aromatic carbocycles. The van der Waals surface area contributed by atoms with Crippen LogP contribution in [0.3, 0.4) is 0 Å². The number of fused-ring (bicyclic) bond motifs is 1. The van der Waals surface area contributed by atoms with Crippen molar-refractivity contribution in [2.24, 2.45) is 5.73 Å². The largest absolute Gasteiger partial charge is 0.393 e. The number of nitrogens with one attached hydrogen (secondary N) is 1. The number of nitrogens with zero attached hydrogens (tertiary/aromatic N) is 1. The Morgan fingerprint density at radius 2 is 2.17 bits per heavy atom. The van der Waals surface area contributed by atoms with Crippen LogP contribution in [0.2, 0.25) is 0 Å². The summed E-state index contributed by atoms with van der Waals surface area (Å²) >= 11 is 4.71. The van der Waals surface area contributed by atoms with Gasteiger partial charge in [0.25, 0.3) is 0 Å². The van der Waals surface area contributed by atoms with Gasteiger partial charge in [-0.2, -0.15) is 0 Å². The number of carbonyl (C=O) groups excluding carboxylic acids is 1. The van der Waals surface area contributed by atoms with Crippen molar-refractivity contribution >= 4 is 39.7 Å². The van der Waals surface area contributed by atoms with E-state index >= 15 is 0 Å². The van der Waals surface area contributed by atoms with Crippen molar-refractivity contribution in [1.29, 1.82) is 0 Å². The van der Waals surface area contributed by atoms with Crippen LogP contribution >= 0.6 is 12.2 Å². The van der Waals surface area contributed by atoms with Gasteiger partial charge in [0.2, 0.25) is 5.91 Å². The van der Waals surface area contributed by atoms with Crippen LogP contribution in [0.25, 0.3) is 10.9 Å². The Labute approximate surface area is 110 Å². The zero-order valence-corrected chi connectivity index (χ0v) is 10.8. The van der Waals surface area contributed by atoms with Crippen molar-refractivity contribution in [3.8, 4) is 0 Å². The first-order valence-electron chi connectivity index (χ1n) is 5.51. The highest BCUT2D eigenvalue weighted by Crippen LogP contribution is 2.22. The zero-order chi connectivity index (χ0) is 13.1. The monoisotopic (exact) mass is 259 g/mol. The van der Waals surface area contributed by atoms with Gasteiger partial charge in [0.1, 0.15) is 0 Å². The highest BCUT2D eigenvalue weighted by molar-refractivity contribution is 7.80. The summed E-state index contributed by atoms with van der Waals surface area (Å²) in [6.07, 6.45) is 0.0467. The molecular weight excluding hydrogens is 246 g/mol. The van der Waals surface area contributed by atoms with Gasteiger partial charge in [-0.3, -0.25) is 9.78 Å². The molecule has 0 radical (unpaired) electrons. The molecule has 0 spiro atoms. The van der Waals surface area contributed by atoms with E-state index < -0.39 is 0 Å². The highest BCUT2D eigenvalue weighted by atomic mass is 32.1. The van der Waals surface area contributed by atoms with E-state index in [2.05, 4.69) is 10.3 Å². The maximum Gasteiger partial charge on any atom is 0.231 e. The number of pyridine rings is 1. The summed E-state index contributed by atoms with van der Waals surface area (Å²) < 4.78 is 0. The van der Waals surface area contributed by atoms with Gasteiger partial charge < -0.3 is 11.1 Å². The van der Waals surface area contributed by atoms with Crippen molar-refractivity contribution < 1.29 is 4.79 Å². The van der Waals surface area contributed by atoms with Crippen molar-refractivity contribution in [3.05, 3.63) is 36.0 Å². The maximum atomic E-state index is 11.7. The number of nitrogens with two attached hydrogens (primary N) is 1. The molecule has 0 fully saturated rings. The minimum absolute atomic E-state index is 0.0467. The standard InChI is InChI=1S/C13H13N3OS/c1-8-6-11(16-13(17)7-12(14)18)9-4-2-3-5-10(9)15-8/h2-6H,7H2,1H3,(H2,14,18)(H,15,16,17). The number of aryl methyl sites for hydroxylation is 1. The minimum Gasteiger partial charge on any atom is -0.393 e. The summed E-state index contributed by atoms with van der Waals surface area (Å²) in [4.78, 5) is 16.3. The average molecular weight is 259 g/mol. The second-order valence-corrected chi connectivity index (χ2v) is 4.54. The second-order valence-electron chi connectivity index (χ2n) is 4.02. The van der Waals surface area contributed by atoms with Gasteiger partial charge in [-0.05, 0) is 19.1 Å². The first kappa shape index (κ1) is 12.4. The fourth-order valence-corrected chi connectivity index (χ4v) is 1.89. The van der Waals surface area contributed by atoms with E-state index in [9.17, 15) is 4.79 Å². The first-order valence-corrected chi connectivity index (χ1v) is 5.91. The molecule has 1 heterocycles. The summed E-state index contributed by atoms with van der Waals surface area (Å²) in [5.41, 5.74) is 7.78. The molecule has 0 atom stereocenters. The molecule has 92 valence electrons. The van der Waals surface area contributed by atoms with Crippen molar-refractivity contribution in [2.45, 2.75) is 13.3 Å². The van der Waals surface area contributed by atoms with E-state index in [0.29, 0.717) is 0 Å². The van der Waals surface area contributed by atoms with Gasteiger partial charge in [-0.1, -0.05) is 30.4 Å². The molecule has 4 nitrogen and oxygen atoms in total. The lowest BCUT2D eigenvalue weighted by molar-refractivity contribution is -0.115. The lowest BCUT2D eigenvalue weighted by Crippen LogP contribution is -2.20. The number of thiocarbonyl (C=S) groups is 1. The molecule has 2 rings (SSSR count). The van der Waals surface area contributed by atoms with Gasteiger partial charge in [-0.25, -0.2) is 0 Å². The molecule has 3 N–H and O–H groups in total. The molecule has 0 saturated carbocycles. The number of benzene rings is 1. The molecule has 0 aliphatic carbocycles. The van der Waals surface area contributed by atoms with Crippen LogP contribution in [0.4, 0.5) is 5.69 Å². The number of rotatable bonds is 3. The summed E-state index contributed by atoms with van der Waals surface area (Å²) in [7, 11) is 0. The molecule has 0 bridgehead atoms. The number of anilines is 1. The number of carbonyl (C=O) groups is 1. The number of hydrogen-bond donors (Lipinski definition) is 2. The van der Waals surface area contributed by atoms with E-state index in [1.54, 1.807) is 0 Å². The molecule has 18 heavy (non-hydrogen) atoms. The summed E-state index contributed by atoms with van der Waals surface area (Å²) in [6.45, 7) is 1.88. The molecule has 5 heteroatoms. The van der Waals surface area contributed by atoms with Crippen LogP contribution in [0, 0.1) is 6.92 Å². The van der Waals surface area contributed by atoms with E-state index in [4.69, 9.17) is 18.0 Å². The van der Waals surface area contributed by atoms with Crippen molar-refractivity contribution in [3.63, 3.8) is 0 Å². The van der Waals surface area contributed by atoms with Crippen molar-refractivity contribution in [2.75, 3.05) is 5.32 Å². The highest BCUT2D eigenvalue weighted by Gasteiger charge is 2.08. The normalized spacial score (nSPS) is 10.3. The summed E-state index contributed by atoms with van der Waals surface area (Å²) in [5.74, 6) is -0.210. The van der Waals surface area contributed by atoms with Crippen LogP contribution < -0.4 is 11.1 Å². The Morgan fingerprint density at radius 1 is 1.44 bits per heavy atom. The van der Waals surface area contributed by atoms with E-state index in [-0.39, 0.29) is 17.3 Å². The van der Waals surface area contributed by atoms with Crippen LogP contribution in [0.15, 0.2) is 30.3 Å². The van der Waals surface area contributed by atoms with E-state index in [0.717, 1.165) is 22.3 Å². The fraction of sp³-hybridized carbons (Fsp3) is 0.154. The zero-order valence-electron chi connectivity index (χ0n) is 9.93. The maximum absolute atomic E-state index is 11.7. The van der Waals surface area contributed by atoms with E-state index in [1.165, 1.54) is 0 Å². The Morgan fingerprint density at radius 3 is 2.89 bits per heavy atom. The lowest BCUT2D eigenvalue weighted by Gasteiger charge is -2.09. The smallest absolute Gasteiger partial charge is 0.231 e. The molecule has 2 aromatic rings. The Kier molecular flexibility index (Phi) is 3.53. The number of hydrogen-bond acceptors (Lipinski definition) is 3. The lowest BCUT2D eigenvalue weighted by atomic mass is 10.1. The Balaban J connectivity index is 2.38. The third-order valence-electron chi connectivity index (χ3n) is 2.45. The molecule has 0 aliphatic heterocycles. The second kappa shape index (κ2) is 5.10. The number of amides is 1. The molecular formula is C13H13N3OS. The van der Waals surface area contributed by atoms with Crippen LogP contribution in [0.1, 0.15) is 12.1 Å². The quantitative estimate of drug-likeness (QED) is 0.829. The number of aromatic nitrogens is 1. The van der Waals surface area contributed by atoms with Gasteiger partial charge in [-0.15, -0.1) is 0 Å². The summed E-state index contributed by atoms with van der Waals surface area (Å²) in [5, 5.41) is 3.71. The SMILES string of the molecule is Cc1cc(NC(=O)CC(N)=S)c2ccccc2n1. The minimum atomic E-state index is -0.210. The Bertz CT molecular complexity index is 625. The number of para-hydroxylation sites is 1.